The van der Waals surface area contributed by atoms with Gasteiger partial charge >= 0.3 is 7.12 Å². The van der Waals surface area contributed by atoms with Crippen LogP contribution in [0.3, 0.4) is 0 Å². The molecule has 0 amide bonds. The molecule has 0 spiro atoms. The topological polar surface area (TPSA) is 49.2 Å². The highest BCUT2D eigenvalue weighted by atomic mass is 16.7. The molecule has 5 nitrogen and oxygen atoms in total. The quantitative estimate of drug-likeness (QED) is 0.723. The lowest BCUT2D eigenvalue weighted by atomic mass is 9.78. The number of rotatable bonds is 1. The van der Waals surface area contributed by atoms with Crippen molar-refractivity contribution >= 4 is 23.5 Å². The standard InChI is InChI=1S/C13H18BN3O2/c1-12(2)13(3,4)19-14(18-12)10-6-15-7-11-9(10)8-17(5)16-11/h6-8H,1-5H3. The Labute approximate surface area is 113 Å². The monoisotopic (exact) mass is 259 g/mol. The van der Waals surface area contributed by atoms with Crippen LogP contribution in [-0.4, -0.2) is 33.1 Å². The molecule has 100 valence electrons. The minimum atomic E-state index is -0.398. The van der Waals surface area contributed by atoms with Gasteiger partial charge in [0.2, 0.25) is 0 Å². The average Bonchev–Trinajstić information content (AvgIpc) is 2.75. The first kappa shape index (κ1) is 12.6. The maximum Gasteiger partial charge on any atom is 0.497 e. The summed E-state index contributed by atoms with van der Waals surface area (Å²) in [7, 11) is 1.50. The molecule has 6 heteroatoms. The molecule has 2 aromatic rings. The van der Waals surface area contributed by atoms with E-state index < -0.39 is 7.12 Å². The van der Waals surface area contributed by atoms with Crippen molar-refractivity contribution in [1.82, 2.24) is 14.8 Å². The first-order valence-corrected chi connectivity index (χ1v) is 6.43. The van der Waals surface area contributed by atoms with Crippen LogP contribution in [0, 0.1) is 0 Å². The predicted molar refractivity (Wildman–Crippen MR) is 74.2 cm³/mol. The van der Waals surface area contributed by atoms with Crippen molar-refractivity contribution in [2.45, 2.75) is 38.9 Å². The summed E-state index contributed by atoms with van der Waals surface area (Å²) >= 11 is 0. The maximum atomic E-state index is 6.07. The molecule has 3 heterocycles. The lowest BCUT2D eigenvalue weighted by Crippen LogP contribution is -2.41. The predicted octanol–water partition coefficient (Wildman–Crippen LogP) is 1.27. The third-order valence-electron chi connectivity index (χ3n) is 4.09. The molecule has 19 heavy (non-hydrogen) atoms. The lowest BCUT2D eigenvalue weighted by Gasteiger charge is -2.32. The van der Waals surface area contributed by atoms with E-state index in [1.807, 2.05) is 40.9 Å². The molecule has 0 aromatic carbocycles. The Morgan fingerprint density at radius 2 is 1.74 bits per heavy atom. The molecule has 0 atom stereocenters. The van der Waals surface area contributed by atoms with Gasteiger partial charge in [0.05, 0.1) is 17.4 Å². The third kappa shape index (κ3) is 1.86. The van der Waals surface area contributed by atoms with Crippen LogP contribution >= 0.6 is 0 Å². The molecule has 0 radical (unpaired) electrons. The summed E-state index contributed by atoms with van der Waals surface area (Å²) in [5.41, 5.74) is 1.10. The van der Waals surface area contributed by atoms with Crippen molar-refractivity contribution in [3.05, 3.63) is 18.6 Å². The number of pyridine rings is 1. The van der Waals surface area contributed by atoms with Crippen molar-refractivity contribution in [2.24, 2.45) is 7.05 Å². The van der Waals surface area contributed by atoms with Gasteiger partial charge in [-0.25, -0.2) is 0 Å². The summed E-state index contributed by atoms with van der Waals surface area (Å²) in [5.74, 6) is 0. The Morgan fingerprint density at radius 3 is 2.37 bits per heavy atom. The van der Waals surface area contributed by atoms with Crippen molar-refractivity contribution in [3.8, 4) is 0 Å². The second-order valence-electron chi connectivity index (χ2n) is 6.05. The van der Waals surface area contributed by atoms with Gasteiger partial charge in [-0.15, -0.1) is 0 Å². The molecule has 2 aromatic heterocycles. The molecule has 3 rings (SSSR count). The van der Waals surface area contributed by atoms with E-state index in [2.05, 4.69) is 10.1 Å². The number of fused-ring (bicyclic) bond motifs is 1. The fraction of sp³-hybridized carbons (Fsp3) is 0.538. The zero-order valence-corrected chi connectivity index (χ0v) is 12.0. The molecule has 0 aliphatic carbocycles. The highest BCUT2D eigenvalue weighted by Gasteiger charge is 2.52. The van der Waals surface area contributed by atoms with Crippen LogP contribution in [0.2, 0.25) is 0 Å². The minimum Gasteiger partial charge on any atom is -0.399 e. The highest BCUT2D eigenvalue weighted by Crippen LogP contribution is 2.36. The van der Waals surface area contributed by atoms with Crippen molar-refractivity contribution in [3.63, 3.8) is 0 Å². The van der Waals surface area contributed by atoms with Gasteiger partial charge in [-0.2, -0.15) is 5.10 Å². The van der Waals surface area contributed by atoms with Gasteiger partial charge in [0.25, 0.3) is 0 Å². The number of aryl methyl sites for hydroxylation is 1. The zero-order chi connectivity index (χ0) is 13.8. The van der Waals surface area contributed by atoms with Crippen molar-refractivity contribution in [1.29, 1.82) is 0 Å². The summed E-state index contributed by atoms with van der Waals surface area (Å²) < 4.78 is 13.9. The fourth-order valence-electron chi connectivity index (χ4n) is 2.24. The molecule has 1 aliphatic rings. The van der Waals surface area contributed by atoms with Crippen molar-refractivity contribution < 1.29 is 9.31 Å². The van der Waals surface area contributed by atoms with E-state index in [9.17, 15) is 0 Å². The van der Waals surface area contributed by atoms with Gasteiger partial charge in [0.1, 0.15) is 5.52 Å². The van der Waals surface area contributed by atoms with E-state index in [1.165, 1.54) is 0 Å². The summed E-state index contributed by atoms with van der Waals surface area (Å²) in [6.45, 7) is 8.18. The Balaban J connectivity index is 2.07. The molecule has 1 fully saturated rings. The highest BCUT2D eigenvalue weighted by molar-refractivity contribution is 6.65. The number of nitrogens with zero attached hydrogens (tertiary/aromatic N) is 3. The van der Waals surface area contributed by atoms with E-state index in [0.29, 0.717) is 0 Å². The smallest absolute Gasteiger partial charge is 0.399 e. The molecular formula is C13H18BN3O2. The molecule has 0 unspecified atom stereocenters. The first-order valence-electron chi connectivity index (χ1n) is 6.43. The van der Waals surface area contributed by atoms with Gasteiger partial charge in [0, 0.05) is 30.3 Å². The summed E-state index contributed by atoms with van der Waals surface area (Å²) in [5, 5.41) is 5.39. The van der Waals surface area contributed by atoms with E-state index in [1.54, 1.807) is 17.1 Å². The van der Waals surface area contributed by atoms with E-state index in [4.69, 9.17) is 9.31 Å². The Bertz CT molecular complexity index is 620. The Hall–Kier alpha value is -1.40. The van der Waals surface area contributed by atoms with Gasteiger partial charge in [-0.1, -0.05) is 0 Å². The summed E-state index contributed by atoms with van der Waals surface area (Å²) in [6.07, 6.45) is 5.52. The van der Waals surface area contributed by atoms with Gasteiger partial charge in [-0.05, 0) is 27.7 Å². The van der Waals surface area contributed by atoms with Gasteiger partial charge < -0.3 is 9.31 Å². The van der Waals surface area contributed by atoms with Crippen molar-refractivity contribution in [2.75, 3.05) is 0 Å². The molecule has 0 saturated carbocycles. The van der Waals surface area contributed by atoms with E-state index >= 15 is 0 Å². The van der Waals surface area contributed by atoms with E-state index in [-0.39, 0.29) is 11.2 Å². The fourth-order valence-corrected chi connectivity index (χ4v) is 2.24. The zero-order valence-electron chi connectivity index (χ0n) is 12.0. The normalized spacial score (nSPS) is 21.2. The molecule has 1 saturated heterocycles. The second-order valence-corrected chi connectivity index (χ2v) is 6.05. The van der Waals surface area contributed by atoms with Crippen LogP contribution in [0.1, 0.15) is 27.7 Å². The third-order valence-corrected chi connectivity index (χ3v) is 4.09. The molecule has 1 aliphatic heterocycles. The average molecular weight is 259 g/mol. The second kappa shape index (κ2) is 3.80. The lowest BCUT2D eigenvalue weighted by molar-refractivity contribution is 0.00578. The largest absolute Gasteiger partial charge is 0.497 e. The van der Waals surface area contributed by atoms with Crippen LogP contribution in [0.4, 0.5) is 0 Å². The molecule has 0 bridgehead atoms. The Kier molecular flexibility index (Phi) is 2.53. The maximum absolute atomic E-state index is 6.07. The minimum absolute atomic E-state index is 0.345. The summed E-state index contributed by atoms with van der Waals surface area (Å²) in [4.78, 5) is 4.23. The Morgan fingerprint density at radius 1 is 1.11 bits per heavy atom. The van der Waals surface area contributed by atoms with Gasteiger partial charge in [-0.3, -0.25) is 9.67 Å². The molecular weight excluding hydrogens is 241 g/mol. The van der Waals surface area contributed by atoms with Crippen LogP contribution in [0.5, 0.6) is 0 Å². The van der Waals surface area contributed by atoms with Gasteiger partial charge in [0.15, 0.2) is 0 Å². The number of hydrogen-bond donors (Lipinski definition) is 0. The summed E-state index contributed by atoms with van der Waals surface area (Å²) in [6, 6.07) is 0. The first-order chi connectivity index (χ1) is 8.80. The van der Waals surface area contributed by atoms with Crippen LogP contribution < -0.4 is 5.46 Å². The van der Waals surface area contributed by atoms with Crippen LogP contribution in [0.25, 0.3) is 10.9 Å². The number of aromatic nitrogens is 3. The number of hydrogen-bond acceptors (Lipinski definition) is 4. The SMILES string of the molecule is Cn1cc2c(B3OC(C)(C)C(C)(C)O3)cncc2n1. The van der Waals surface area contributed by atoms with Crippen LogP contribution in [-0.2, 0) is 16.4 Å². The van der Waals surface area contributed by atoms with E-state index in [0.717, 1.165) is 16.4 Å². The molecule has 0 N–H and O–H groups in total. The van der Waals surface area contributed by atoms with Crippen LogP contribution in [0.15, 0.2) is 18.6 Å².